The fourth-order valence-corrected chi connectivity index (χ4v) is 4.15. The summed E-state index contributed by atoms with van der Waals surface area (Å²) >= 11 is 0. The summed E-state index contributed by atoms with van der Waals surface area (Å²) in [6.07, 6.45) is 2.97. The number of fused-ring (bicyclic) bond motifs is 1. The van der Waals surface area contributed by atoms with Crippen molar-refractivity contribution in [3.63, 3.8) is 0 Å². The predicted molar refractivity (Wildman–Crippen MR) is 118 cm³/mol. The topological polar surface area (TPSA) is 82.2 Å². The van der Waals surface area contributed by atoms with Crippen LogP contribution in [0.5, 0.6) is 5.75 Å². The van der Waals surface area contributed by atoms with Crippen molar-refractivity contribution < 1.29 is 9.53 Å². The van der Waals surface area contributed by atoms with E-state index in [1.165, 1.54) is 0 Å². The minimum atomic E-state index is -0.0323. The number of carbonyl (C=O) groups excluding carboxylic acids is 1. The van der Waals surface area contributed by atoms with Crippen molar-refractivity contribution in [1.29, 1.82) is 0 Å². The van der Waals surface area contributed by atoms with Crippen LogP contribution < -0.4 is 15.8 Å². The first-order chi connectivity index (χ1) is 13.7. The molecule has 0 aliphatic heterocycles. The Kier molecular flexibility index (Phi) is 6.77. The van der Waals surface area contributed by atoms with E-state index in [1.54, 1.807) is 7.11 Å². The van der Waals surface area contributed by atoms with Gasteiger partial charge in [-0.2, -0.15) is 0 Å². The molecular weight excluding hydrogens is 388 g/mol. The standard InChI is InChI=1S/C22H26N4O2.ClH/c1-28-17-8-4-6-15(12-17)14-26-20-11-3-2-10-19(20)24-22(26)25-21(27)18-9-5-7-16(18)13-23;/h2-4,6,8,10-12,16,18H,5,7,9,13-14,23H2,1H3,(H,24,25,27);1H/t16-,18-;/m1./s1. The maximum absolute atomic E-state index is 12.9. The largest absolute Gasteiger partial charge is 0.497 e. The van der Waals surface area contributed by atoms with Gasteiger partial charge in [0, 0.05) is 5.92 Å². The highest BCUT2D eigenvalue weighted by Gasteiger charge is 2.32. The van der Waals surface area contributed by atoms with Crippen molar-refractivity contribution >= 4 is 35.3 Å². The molecule has 0 bridgehead atoms. The molecule has 0 saturated heterocycles. The molecule has 29 heavy (non-hydrogen) atoms. The Morgan fingerprint density at radius 3 is 2.86 bits per heavy atom. The van der Waals surface area contributed by atoms with Crippen LogP contribution in [0.3, 0.4) is 0 Å². The molecule has 0 unspecified atom stereocenters. The molecular formula is C22H27ClN4O2. The summed E-state index contributed by atoms with van der Waals surface area (Å²) in [5.74, 6) is 1.64. The van der Waals surface area contributed by atoms with E-state index in [2.05, 4.69) is 14.9 Å². The molecule has 6 nitrogen and oxygen atoms in total. The molecule has 1 aliphatic carbocycles. The Balaban J connectivity index is 0.00000240. The van der Waals surface area contributed by atoms with Gasteiger partial charge >= 0.3 is 0 Å². The highest BCUT2D eigenvalue weighted by atomic mass is 35.5. The van der Waals surface area contributed by atoms with Crippen LogP contribution in [0.2, 0.25) is 0 Å². The molecule has 3 N–H and O–H groups in total. The van der Waals surface area contributed by atoms with Gasteiger partial charge in [-0.05, 0) is 55.1 Å². The summed E-state index contributed by atoms with van der Waals surface area (Å²) in [5, 5.41) is 3.08. The van der Waals surface area contributed by atoms with Crippen LogP contribution in [0, 0.1) is 11.8 Å². The average Bonchev–Trinajstić information content (AvgIpc) is 3.33. The van der Waals surface area contributed by atoms with Gasteiger partial charge < -0.3 is 15.0 Å². The minimum absolute atomic E-state index is 0. The van der Waals surface area contributed by atoms with Crippen LogP contribution in [0.15, 0.2) is 48.5 Å². The third-order valence-electron chi connectivity index (χ3n) is 5.66. The number of ether oxygens (including phenoxy) is 1. The molecule has 2 aromatic carbocycles. The molecule has 0 radical (unpaired) electrons. The number of carbonyl (C=O) groups is 1. The van der Waals surface area contributed by atoms with E-state index < -0.39 is 0 Å². The Morgan fingerprint density at radius 1 is 1.24 bits per heavy atom. The lowest BCUT2D eigenvalue weighted by atomic mass is 9.95. The third kappa shape index (κ3) is 4.38. The number of imidazole rings is 1. The number of nitrogens with two attached hydrogens (primary N) is 1. The molecule has 154 valence electrons. The van der Waals surface area contributed by atoms with Gasteiger partial charge in [0.05, 0.1) is 24.7 Å². The SMILES string of the molecule is COc1cccc(Cn2c(NC(=O)[C@@H]3CCC[C@@H]3CN)nc3ccccc32)c1.Cl. The molecule has 1 fully saturated rings. The Bertz CT molecular complexity index is 988. The van der Waals surface area contributed by atoms with Gasteiger partial charge in [-0.3, -0.25) is 10.1 Å². The molecule has 4 rings (SSSR count). The van der Waals surface area contributed by atoms with E-state index in [0.717, 1.165) is 41.6 Å². The number of nitrogens with one attached hydrogen (secondary N) is 1. The van der Waals surface area contributed by atoms with Gasteiger partial charge in [-0.25, -0.2) is 4.98 Å². The summed E-state index contributed by atoms with van der Waals surface area (Å²) < 4.78 is 7.39. The fraction of sp³-hybridized carbons (Fsp3) is 0.364. The quantitative estimate of drug-likeness (QED) is 0.642. The van der Waals surface area contributed by atoms with Gasteiger partial charge in [0.2, 0.25) is 11.9 Å². The van der Waals surface area contributed by atoms with Gasteiger partial charge in [-0.15, -0.1) is 12.4 Å². The Labute approximate surface area is 176 Å². The van der Waals surface area contributed by atoms with Crippen molar-refractivity contribution in [2.45, 2.75) is 25.8 Å². The molecule has 3 aromatic rings. The van der Waals surface area contributed by atoms with Crippen LogP contribution >= 0.6 is 12.4 Å². The number of nitrogens with zero attached hydrogens (tertiary/aromatic N) is 2. The van der Waals surface area contributed by atoms with Gasteiger partial charge in [0.1, 0.15) is 5.75 Å². The van der Waals surface area contributed by atoms with E-state index in [0.29, 0.717) is 19.0 Å². The predicted octanol–water partition coefficient (Wildman–Crippen LogP) is 3.83. The van der Waals surface area contributed by atoms with Crippen molar-refractivity contribution in [3.05, 3.63) is 54.1 Å². The van der Waals surface area contributed by atoms with Crippen molar-refractivity contribution in [3.8, 4) is 5.75 Å². The zero-order valence-electron chi connectivity index (χ0n) is 16.5. The molecule has 1 aromatic heterocycles. The second kappa shape index (κ2) is 9.29. The van der Waals surface area contributed by atoms with Crippen molar-refractivity contribution in [2.24, 2.45) is 17.6 Å². The first kappa shape index (κ1) is 21.1. The van der Waals surface area contributed by atoms with E-state index >= 15 is 0 Å². The number of halogens is 1. The monoisotopic (exact) mass is 414 g/mol. The van der Waals surface area contributed by atoms with Gasteiger partial charge in [-0.1, -0.05) is 30.7 Å². The maximum Gasteiger partial charge on any atom is 0.230 e. The fourth-order valence-electron chi connectivity index (χ4n) is 4.15. The lowest BCUT2D eigenvalue weighted by Gasteiger charge is -2.18. The lowest BCUT2D eigenvalue weighted by Crippen LogP contribution is -2.30. The number of benzene rings is 2. The Hall–Kier alpha value is -2.57. The number of aromatic nitrogens is 2. The number of rotatable bonds is 6. The van der Waals surface area contributed by atoms with Gasteiger partial charge in [0.15, 0.2) is 0 Å². The van der Waals surface area contributed by atoms with E-state index in [9.17, 15) is 4.79 Å². The average molecular weight is 415 g/mol. The van der Waals surface area contributed by atoms with Gasteiger partial charge in [0.25, 0.3) is 0 Å². The second-order valence-electron chi connectivity index (χ2n) is 7.38. The number of hydrogen-bond acceptors (Lipinski definition) is 4. The minimum Gasteiger partial charge on any atom is -0.497 e. The number of anilines is 1. The molecule has 0 spiro atoms. The number of para-hydroxylation sites is 2. The number of amides is 1. The summed E-state index contributed by atoms with van der Waals surface area (Å²) in [4.78, 5) is 17.6. The molecule has 1 saturated carbocycles. The molecule has 1 heterocycles. The van der Waals surface area contributed by atoms with E-state index in [4.69, 9.17) is 10.5 Å². The molecule has 2 atom stereocenters. The molecule has 7 heteroatoms. The second-order valence-corrected chi connectivity index (χ2v) is 7.38. The maximum atomic E-state index is 12.9. The van der Waals surface area contributed by atoms with Crippen LogP contribution in [0.4, 0.5) is 5.95 Å². The normalized spacial score (nSPS) is 18.4. The zero-order chi connectivity index (χ0) is 19.5. The summed E-state index contributed by atoms with van der Waals surface area (Å²) in [6, 6.07) is 15.9. The highest BCUT2D eigenvalue weighted by molar-refractivity contribution is 5.93. The van der Waals surface area contributed by atoms with E-state index in [-0.39, 0.29) is 30.2 Å². The van der Waals surface area contributed by atoms with Crippen LogP contribution in [-0.2, 0) is 11.3 Å². The van der Waals surface area contributed by atoms with Crippen molar-refractivity contribution in [2.75, 3.05) is 19.0 Å². The van der Waals surface area contributed by atoms with Crippen LogP contribution in [-0.4, -0.2) is 29.1 Å². The first-order valence-corrected chi connectivity index (χ1v) is 9.78. The molecule has 1 aliphatic rings. The van der Waals surface area contributed by atoms with E-state index in [1.807, 2.05) is 48.5 Å². The zero-order valence-corrected chi connectivity index (χ0v) is 17.3. The summed E-state index contributed by atoms with van der Waals surface area (Å²) in [6.45, 7) is 1.15. The molecule has 1 amide bonds. The lowest BCUT2D eigenvalue weighted by molar-refractivity contribution is -0.120. The van der Waals surface area contributed by atoms with Crippen LogP contribution in [0.25, 0.3) is 11.0 Å². The summed E-state index contributed by atoms with van der Waals surface area (Å²) in [5.41, 5.74) is 8.80. The highest BCUT2D eigenvalue weighted by Crippen LogP contribution is 2.32. The van der Waals surface area contributed by atoms with Crippen LogP contribution in [0.1, 0.15) is 24.8 Å². The first-order valence-electron chi connectivity index (χ1n) is 9.78. The number of methoxy groups -OCH3 is 1. The number of hydrogen-bond donors (Lipinski definition) is 2. The smallest absolute Gasteiger partial charge is 0.230 e. The third-order valence-corrected chi connectivity index (χ3v) is 5.66. The Morgan fingerprint density at radius 2 is 2.07 bits per heavy atom. The summed E-state index contributed by atoms with van der Waals surface area (Å²) in [7, 11) is 1.66. The van der Waals surface area contributed by atoms with Crippen molar-refractivity contribution in [1.82, 2.24) is 9.55 Å².